The van der Waals surface area contributed by atoms with Gasteiger partial charge in [0.05, 0.1) is 11.4 Å². The molecule has 1 aliphatic carbocycles. The first-order chi connectivity index (χ1) is 12.8. The molecule has 2 atom stereocenters. The van der Waals surface area contributed by atoms with Crippen LogP contribution in [0.5, 0.6) is 0 Å². The van der Waals surface area contributed by atoms with Gasteiger partial charge < -0.3 is 9.42 Å². The van der Waals surface area contributed by atoms with Crippen molar-refractivity contribution in [1.29, 1.82) is 0 Å². The van der Waals surface area contributed by atoms with Gasteiger partial charge in [0.1, 0.15) is 0 Å². The summed E-state index contributed by atoms with van der Waals surface area (Å²) in [7, 11) is 0. The molecule has 2 aromatic heterocycles. The van der Waals surface area contributed by atoms with Crippen molar-refractivity contribution in [3.63, 3.8) is 0 Å². The molecular formula is C20H24N4O2. The maximum absolute atomic E-state index is 13.0. The van der Waals surface area contributed by atoms with Crippen LogP contribution in [0, 0.1) is 5.92 Å². The Balaban J connectivity index is 1.31. The number of nitrogens with zero attached hydrogens (tertiary/aromatic N) is 4. The molecule has 2 bridgehead atoms. The largest absolute Gasteiger partial charge is 0.351 e. The summed E-state index contributed by atoms with van der Waals surface area (Å²) in [4.78, 5) is 22.0. The number of carbonyl (C=O) groups is 1. The van der Waals surface area contributed by atoms with E-state index in [-0.39, 0.29) is 11.9 Å². The van der Waals surface area contributed by atoms with Crippen molar-refractivity contribution in [2.45, 2.75) is 44.2 Å². The molecule has 5 heterocycles. The van der Waals surface area contributed by atoms with Crippen molar-refractivity contribution < 1.29 is 9.32 Å². The summed E-state index contributed by atoms with van der Waals surface area (Å²) in [5.41, 5.74) is 2.04. The zero-order chi connectivity index (χ0) is 17.5. The Morgan fingerprint density at radius 2 is 2.08 bits per heavy atom. The molecule has 6 nitrogen and oxygen atoms in total. The van der Waals surface area contributed by atoms with E-state index in [9.17, 15) is 4.79 Å². The summed E-state index contributed by atoms with van der Waals surface area (Å²) < 4.78 is 5.39. The molecule has 6 heteroatoms. The van der Waals surface area contributed by atoms with Crippen molar-refractivity contribution in [3.8, 4) is 0 Å². The van der Waals surface area contributed by atoms with Crippen LogP contribution in [0.15, 0.2) is 35.0 Å². The van der Waals surface area contributed by atoms with Crippen LogP contribution >= 0.6 is 0 Å². The SMILES string of the molecule is O=C(c1cc(C2CC2)no1)N1C[C@@H]2CC[C@H]1CN(Cc1ccccn1)C2. The van der Waals surface area contributed by atoms with Crippen LogP contribution in [0.3, 0.4) is 0 Å². The molecule has 26 heavy (non-hydrogen) atoms. The maximum Gasteiger partial charge on any atom is 0.292 e. The van der Waals surface area contributed by atoms with E-state index in [0.717, 1.165) is 56.8 Å². The van der Waals surface area contributed by atoms with Gasteiger partial charge in [-0.3, -0.25) is 14.7 Å². The van der Waals surface area contributed by atoms with Gasteiger partial charge in [-0.1, -0.05) is 11.2 Å². The fourth-order valence-electron chi connectivity index (χ4n) is 4.38. The average molecular weight is 352 g/mol. The van der Waals surface area contributed by atoms with E-state index in [0.29, 0.717) is 17.6 Å². The Morgan fingerprint density at radius 3 is 2.88 bits per heavy atom. The third kappa shape index (κ3) is 3.14. The number of fused-ring (bicyclic) bond motifs is 4. The Morgan fingerprint density at radius 1 is 1.15 bits per heavy atom. The number of hydrogen-bond acceptors (Lipinski definition) is 5. The minimum atomic E-state index is 0.0128. The number of amides is 1. The van der Waals surface area contributed by atoms with Crippen LogP contribution < -0.4 is 0 Å². The van der Waals surface area contributed by atoms with E-state index in [1.807, 2.05) is 29.3 Å². The molecule has 0 radical (unpaired) electrons. The highest BCUT2D eigenvalue weighted by Crippen LogP contribution is 2.39. The van der Waals surface area contributed by atoms with Crippen LogP contribution in [0.4, 0.5) is 0 Å². The van der Waals surface area contributed by atoms with Crippen molar-refractivity contribution in [2.75, 3.05) is 19.6 Å². The fourth-order valence-corrected chi connectivity index (χ4v) is 4.38. The van der Waals surface area contributed by atoms with E-state index in [1.54, 1.807) is 0 Å². The average Bonchev–Trinajstić information content (AvgIpc) is 3.45. The Labute approximate surface area is 153 Å². The Bertz CT molecular complexity index is 786. The number of hydrogen-bond donors (Lipinski definition) is 0. The first kappa shape index (κ1) is 16.0. The molecule has 0 N–H and O–H groups in total. The van der Waals surface area contributed by atoms with Crippen LogP contribution in [0.2, 0.25) is 0 Å². The topological polar surface area (TPSA) is 62.5 Å². The number of aromatic nitrogens is 2. The lowest BCUT2D eigenvalue weighted by Gasteiger charge is -2.35. The second-order valence-electron chi connectivity index (χ2n) is 7.96. The van der Waals surface area contributed by atoms with Gasteiger partial charge in [-0.15, -0.1) is 0 Å². The number of pyridine rings is 1. The first-order valence-electron chi connectivity index (χ1n) is 9.66. The normalized spacial score (nSPS) is 26.1. The summed E-state index contributed by atoms with van der Waals surface area (Å²) in [6, 6.07) is 8.17. The first-order valence-corrected chi connectivity index (χ1v) is 9.66. The molecule has 0 aromatic carbocycles. The molecule has 1 amide bonds. The molecule has 6 rings (SSSR count). The van der Waals surface area contributed by atoms with Gasteiger partial charge >= 0.3 is 0 Å². The highest BCUT2D eigenvalue weighted by atomic mass is 16.5. The van der Waals surface area contributed by atoms with Gasteiger partial charge in [0.2, 0.25) is 5.76 Å². The third-order valence-electron chi connectivity index (χ3n) is 5.90. The molecule has 136 valence electrons. The zero-order valence-electron chi connectivity index (χ0n) is 14.9. The molecule has 1 saturated carbocycles. The lowest BCUT2D eigenvalue weighted by atomic mass is 9.95. The third-order valence-corrected chi connectivity index (χ3v) is 5.90. The van der Waals surface area contributed by atoms with Crippen LogP contribution in [-0.2, 0) is 6.54 Å². The van der Waals surface area contributed by atoms with Gasteiger partial charge in [0, 0.05) is 50.4 Å². The molecule has 0 spiro atoms. The quantitative estimate of drug-likeness (QED) is 0.847. The van der Waals surface area contributed by atoms with Gasteiger partial charge in [0.25, 0.3) is 5.91 Å². The van der Waals surface area contributed by atoms with Crippen molar-refractivity contribution in [3.05, 3.63) is 47.6 Å². The lowest BCUT2D eigenvalue weighted by Crippen LogP contribution is -2.47. The predicted octanol–water partition coefficient (Wildman–Crippen LogP) is 2.68. The Kier molecular flexibility index (Phi) is 4.00. The predicted molar refractivity (Wildman–Crippen MR) is 95.5 cm³/mol. The standard InChI is InChI=1S/C20H24N4O2/c25-20(19-9-18(22-26-19)15-5-6-15)24-11-14-4-7-17(24)13-23(10-14)12-16-3-1-2-8-21-16/h1-3,8-9,14-15,17H,4-7,10-13H2/t14-,17+/m1/s1. The summed E-state index contributed by atoms with van der Waals surface area (Å²) >= 11 is 0. The minimum Gasteiger partial charge on any atom is -0.351 e. The van der Waals surface area contributed by atoms with Gasteiger partial charge in [-0.25, -0.2) is 0 Å². The molecule has 4 fully saturated rings. The molecular weight excluding hydrogens is 328 g/mol. The highest BCUT2D eigenvalue weighted by molar-refractivity contribution is 5.91. The molecule has 0 unspecified atom stereocenters. The van der Waals surface area contributed by atoms with Gasteiger partial charge in [-0.2, -0.15) is 0 Å². The van der Waals surface area contributed by atoms with E-state index >= 15 is 0 Å². The highest BCUT2D eigenvalue weighted by Gasteiger charge is 2.39. The fraction of sp³-hybridized carbons (Fsp3) is 0.550. The van der Waals surface area contributed by atoms with E-state index < -0.39 is 0 Å². The van der Waals surface area contributed by atoms with E-state index in [2.05, 4.69) is 21.1 Å². The van der Waals surface area contributed by atoms with E-state index in [4.69, 9.17) is 4.52 Å². The van der Waals surface area contributed by atoms with Crippen LogP contribution in [0.25, 0.3) is 0 Å². The molecule has 2 aromatic rings. The van der Waals surface area contributed by atoms with Crippen molar-refractivity contribution >= 4 is 5.91 Å². The second kappa shape index (κ2) is 6.50. The van der Waals surface area contributed by atoms with E-state index in [1.165, 1.54) is 6.42 Å². The molecule has 3 aliphatic heterocycles. The molecule has 3 saturated heterocycles. The van der Waals surface area contributed by atoms with Gasteiger partial charge in [-0.05, 0) is 43.7 Å². The lowest BCUT2D eigenvalue weighted by molar-refractivity contribution is 0.0543. The summed E-state index contributed by atoms with van der Waals surface area (Å²) in [5, 5.41) is 4.11. The molecule has 4 aliphatic rings. The monoisotopic (exact) mass is 352 g/mol. The Hall–Kier alpha value is -2.21. The summed E-state index contributed by atoms with van der Waals surface area (Å²) in [6.07, 6.45) is 6.43. The van der Waals surface area contributed by atoms with Gasteiger partial charge in [0.15, 0.2) is 0 Å². The van der Waals surface area contributed by atoms with Crippen LogP contribution in [-0.4, -0.2) is 51.5 Å². The van der Waals surface area contributed by atoms with Crippen LogP contribution in [0.1, 0.15) is 53.5 Å². The van der Waals surface area contributed by atoms with Crippen molar-refractivity contribution in [2.24, 2.45) is 5.92 Å². The smallest absolute Gasteiger partial charge is 0.292 e. The number of carbonyl (C=O) groups excluding carboxylic acids is 1. The number of rotatable bonds is 4. The number of piperidine rings is 1. The summed E-state index contributed by atoms with van der Waals surface area (Å²) in [5.74, 6) is 1.46. The summed E-state index contributed by atoms with van der Waals surface area (Å²) in [6.45, 7) is 3.61. The van der Waals surface area contributed by atoms with Crippen molar-refractivity contribution in [1.82, 2.24) is 19.9 Å². The maximum atomic E-state index is 13.0. The second-order valence-corrected chi connectivity index (χ2v) is 7.96. The zero-order valence-corrected chi connectivity index (χ0v) is 14.9. The minimum absolute atomic E-state index is 0.0128.